The molecule has 0 radical (unpaired) electrons. The van der Waals surface area contributed by atoms with Gasteiger partial charge < -0.3 is 0 Å². The van der Waals surface area contributed by atoms with Gasteiger partial charge in [0.2, 0.25) is 0 Å². The van der Waals surface area contributed by atoms with Crippen LogP contribution in [0.2, 0.25) is 0 Å². The van der Waals surface area contributed by atoms with Crippen molar-refractivity contribution in [2.24, 2.45) is 17.3 Å². The summed E-state index contributed by atoms with van der Waals surface area (Å²) in [5.74, 6) is -0.809. The van der Waals surface area contributed by atoms with Gasteiger partial charge >= 0.3 is 0 Å². The molecule has 0 bridgehead atoms. The van der Waals surface area contributed by atoms with Gasteiger partial charge in [-0.3, -0.25) is 19.1 Å². The van der Waals surface area contributed by atoms with Gasteiger partial charge in [0.15, 0.2) is 23.3 Å². The van der Waals surface area contributed by atoms with Crippen LogP contribution in [0, 0.1) is 6.92 Å². The predicted octanol–water partition coefficient (Wildman–Crippen LogP) is 2.11. The quantitative estimate of drug-likeness (QED) is 0.625. The number of carbonyl (C=O) groups is 2. The highest BCUT2D eigenvalue weighted by Gasteiger charge is 2.20. The van der Waals surface area contributed by atoms with Gasteiger partial charge in [-0.15, -0.1) is 5.11 Å². The first-order chi connectivity index (χ1) is 10.8. The monoisotopic (exact) mass is 314 g/mol. The zero-order valence-corrected chi connectivity index (χ0v) is 13.5. The number of ketones is 2. The highest BCUT2D eigenvalue weighted by molar-refractivity contribution is 6.04. The molecule has 7 heteroatoms. The molecule has 0 unspecified atom stereocenters. The highest BCUT2D eigenvalue weighted by atomic mass is 16.2. The van der Waals surface area contributed by atoms with Crippen LogP contribution in [0.5, 0.6) is 0 Å². The van der Waals surface area contributed by atoms with Crippen LogP contribution < -0.4 is 5.56 Å². The molecule has 120 valence electrons. The van der Waals surface area contributed by atoms with Gasteiger partial charge in [0.1, 0.15) is 0 Å². The second kappa shape index (κ2) is 6.51. The average molecular weight is 314 g/mol. The summed E-state index contributed by atoms with van der Waals surface area (Å²) in [7, 11) is 1.73. The number of azo groups is 1. The van der Waals surface area contributed by atoms with E-state index in [0.717, 1.165) is 0 Å². The Morgan fingerprint density at radius 2 is 1.65 bits per heavy atom. The van der Waals surface area contributed by atoms with Gasteiger partial charge in [-0.05, 0) is 32.9 Å². The van der Waals surface area contributed by atoms with Crippen molar-refractivity contribution in [2.45, 2.75) is 26.8 Å². The van der Waals surface area contributed by atoms with Crippen LogP contribution in [0.4, 0.5) is 5.69 Å². The molecule has 0 spiro atoms. The molecular formula is C16H18N4O3. The van der Waals surface area contributed by atoms with E-state index in [2.05, 4.69) is 10.2 Å². The third-order valence-corrected chi connectivity index (χ3v) is 3.57. The van der Waals surface area contributed by atoms with Crippen molar-refractivity contribution < 1.29 is 9.59 Å². The topological polar surface area (TPSA) is 85.8 Å². The molecule has 0 saturated heterocycles. The van der Waals surface area contributed by atoms with E-state index in [9.17, 15) is 14.4 Å². The summed E-state index contributed by atoms with van der Waals surface area (Å²) in [6.07, 6.45) is 0. The molecule has 1 aromatic heterocycles. The second-order valence-corrected chi connectivity index (χ2v) is 5.25. The molecule has 0 fully saturated rings. The lowest BCUT2D eigenvalue weighted by molar-refractivity contribution is -0.126. The van der Waals surface area contributed by atoms with Gasteiger partial charge in [0, 0.05) is 7.05 Å². The van der Waals surface area contributed by atoms with E-state index in [0.29, 0.717) is 11.4 Å². The Morgan fingerprint density at radius 3 is 2.17 bits per heavy atom. The van der Waals surface area contributed by atoms with Crippen LogP contribution in [0.25, 0.3) is 5.69 Å². The molecule has 2 rings (SSSR count). The number of hydrogen-bond donors (Lipinski definition) is 0. The lowest BCUT2D eigenvalue weighted by Crippen LogP contribution is -2.23. The fourth-order valence-electron chi connectivity index (χ4n) is 2.23. The summed E-state index contributed by atoms with van der Waals surface area (Å²) in [5.41, 5.74) is 1.04. The second-order valence-electron chi connectivity index (χ2n) is 5.25. The summed E-state index contributed by atoms with van der Waals surface area (Å²) < 4.78 is 3.11. The Bertz CT molecular complexity index is 817. The summed E-state index contributed by atoms with van der Waals surface area (Å²) in [6, 6.07) is 7.94. The van der Waals surface area contributed by atoms with Crippen molar-refractivity contribution in [3.63, 3.8) is 0 Å². The molecule has 1 aromatic carbocycles. The fourth-order valence-corrected chi connectivity index (χ4v) is 2.23. The van der Waals surface area contributed by atoms with Crippen LogP contribution in [0.15, 0.2) is 45.4 Å². The van der Waals surface area contributed by atoms with E-state index in [1.807, 2.05) is 18.2 Å². The van der Waals surface area contributed by atoms with Gasteiger partial charge in [-0.25, -0.2) is 4.68 Å². The first kappa shape index (κ1) is 16.5. The van der Waals surface area contributed by atoms with Crippen molar-refractivity contribution >= 4 is 17.3 Å². The largest absolute Gasteiger partial charge is 0.299 e. The molecule has 0 amide bonds. The van der Waals surface area contributed by atoms with Gasteiger partial charge in [-0.2, -0.15) is 5.11 Å². The summed E-state index contributed by atoms with van der Waals surface area (Å²) >= 11 is 0. The van der Waals surface area contributed by atoms with E-state index in [-0.39, 0.29) is 11.2 Å². The summed E-state index contributed by atoms with van der Waals surface area (Å²) in [6.45, 7) is 4.27. The smallest absolute Gasteiger partial charge is 0.297 e. The highest BCUT2D eigenvalue weighted by Crippen LogP contribution is 2.17. The maximum absolute atomic E-state index is 12.6. The Morgan fingerprint density at radius 1 is 1.09 bits per heavy atom. The predicted molar refractivity (Wildman–Crippen MR) is 85.4 cm³/mol. The minimum absolute atomic E-state index is 0.115. The molecule has 23 heavy (non-hydrogen) atoms. The fraction of sp³-hybridized carbons (Fsp3) is 0.312. The molecule has 0 aliphatic heterocycles. The summed E-state index contributed by atoms with van der Waals surface area (Å²) in [4.78, 5) is 35.4. The van der Waals surface area contributed by atoms with Gasteiger partial charge in [-0.1, -0.05) is 18.2 Å². The van der Waals surface area contributed by atoms with Crippen LogP contribution in [0.1, 0.15) is 19.5 Å². The van der Waals surface area contributed by atoms with Crippen molar-refractivity contribution in [2.75, 3.05) is 0 Å². The number of nitrogens with zero attached hydrogens (tertiary/aromatic N) is 4. The Balaban J connectivity index is 2.52. The molecule has 0 N–H and O–H groups in total. The van der Waals surface area contributed by atoms with Gasteiger partial charge in [0.25, 0.3) is 5.56 Å². The number of aromatic nitrogens is 2. The number of Topliss-reactive ketones (excluding diaryl/α,β-unsaturated/α-hetero) is 2. The Hall–Kier alpha value is -2.83. The standard InChI is InChI=1S/C16H18N4O3/c1-10-14(17-18-15(11(2)21)12(3)22)16(23)20(19(10)4)13-8-6-5-7-9-13/h5-9,15H,1-4H3. The van der Waals surface area contributed by atoms with E-state index in [1.54, 1.807) is 30.8 Å². The molecular weight excluding hydrogens is 296 g/mol. The zero-order valence-electron chi connectivity index (χ0n) is 13.5. The molecule has 0 aliphatic carbocycles. The third-order valence-electron chi connectivity index (χ3n) is 3.57. The number of carbonyl (C=O) groups excluding carboxylic acids is 2. The molecule has 0 atom stereocenters. The first-order valence-corrected chi connectivity index (χ1v) is 7.10. The molecule has 0 aliphatic rings. The lowest BCUT2D eigenvalue weighted by Gasteiger charge is -2.07. The number of para-hydroxylation sites is 1. The van der Waals surface area contributed by atoms with E-state index >= 15 is 0 Å². The summed E-state index contributed by atoms with van der Waals surface area (Å²) in [5, 5.41) is 7.65. The third kappa shape index (κ3) is 3.18. The van der Waals surface area contributed by atoms with Crippen molar-refractivity contribution in [1.29, 1.82) is 0 Å². The van der Waals surface area contributed by atoms with E-state index < -0.39 is 17.6 Å². The van der Waals surface area contributed by atoms with Crippen molar-refractivity contribution in [1.82, 2.24) is 9.36 Å². The Labute approximate surface area is 133 Å². The lowest BCUT2D eigenvalue weighted by atomic mass is 10.1. The van der Waals surface area contributed by atoms with Crippen molar-refractivity contribution in [3.8, 4) is 5.69 Å². The molecule has 0 saturated carbocycles. The maximum Gasteiger partial charge on any atom is 0.299 e. The van der Waals surface area contributed by atoms with Crippen LogP contribution in [0.3, 0.4) is 0 Å². The van der Waals surface area contributed by atoms with Crippen molar-refractivity contribution in [3.05, 3.63) is 46.4 Å². The minimum atomic E-state index is -1.17. The normalized spacial score (nSPS) is 11.3. The Kier molecular flexibility index (Phi) is 4.68. The average Bonchev–Trinajstić information content (AvgIpc) is 2.71. The van der Waals surface area contributed by atoms with E-state index in [1.165, 1.54) is 18.5 Å². The zero-order chi connectivity index (χ0) is 17.1. The molecule has 2 aromatic rings. The number of rotatable bonds is 5. The molecule has 7 nitrogen and oxygen atoms in total. The number of benzene rings is 1. The maximum atomic E-state index is 12.6. The van der Waals surface area contributed by atoms with Crippen LogP contribution >= 0.6 is 0 Å². The van der Waals surface area contributed by atoms with Crippen LogP contribution in [-0.2, 0) is 16.6 Å². The minimum Gasteiger partial charge on any atom is -0.297 e. The first-order valence-electron chi connectivity index (χ1n) is 7.10. The SMILES string of the molecule is CC(=O)C(N=Nc1c(C)n(C)n(-c2ccccc2)c1=O)C(C)=O. The number of hydrogen-bond acceptors (Lipinski definition) is 5. The van der Waals surface area contributed by atoms with Crippen LogP contribution in [-0.4, -0.2) is 27.0 Å². The van der Waals surface area contributed by atoms with Gasteiger partial charge in [0.05, 0.1) is 11.4 Å². The van der Waals surface area contributed by atoms with E-state index in [4.69, 9.17) is 0 Å². The molecule has 1 heterocycles.